The number of amidine groups is 1. The predicted octanol–water partition coefficient (Wildman–Crippen LogP) is 1.88. The molecule has 2 aromatic rings. The van der Waals surface area contributed by atoms with Crippen LogP contribution in [0.3, 0.4) is 0 Å². The number of benzene rings is 2. The summed E-state index contributed by atoms with van der Waals surface area (Å²) in [4.78, 5) is 31.9. The van der Waals surface area contributed by atoms with Gasteiger partial charge in [-0.15, -0.1) is 0 Å². The summed E-state index contributed by atoms with van der Waals surface area (Å²) >= 11 is 0. The topological polar surface area (TPSA) is 85.2 Å². The van der Waals surface area contributed by atoms with E-state index in [0.29, 0.717) is 13.0 Å². The number of amides is 1. The minimum absolute atomic E-state index is 0.224. The number of carboxylic acid groups (broad SMARTS) is 1. The lowest BCUT2D eigenvalue weighted by Gasteiger charge is -2.36. The number of carbonyl (C=O) groups excluding carboxylic acids is 1. The number of piperazine rings is 1. The highest BCUT2D eigenvalue weighted by Crippen LogP contribution is 2.29. The zero-order valence-corrected chi connectivity index (χ0v) is 16.9. The van der Waals surface area contributed by atoms with Crippen molar-refractivity contribution in [1.29, 1.82) is 0 Å². The van der Waals surface area contributed by atoms with Gasteiger partial charge >= 0.3 is 5.97 Å². The summed E-state index contributed by atoms with van der Waals surface area (Å²) in [7, 11) is 0. The summed E-state index contributed by atoms with van der Waals surface area (Å²) in [5.74, 6) is -0.226. The molecule has 2 aliphatic heterocycles. The fraction of sp³-hybridized carbons (Fsp3) is 0.348. The first kappa shape index (κ1) is 20.1. The molecule has 7 nitrogen and oxygen atoms in total. The summed E-state index contributed by atoms with van der Waals surface area (Å²) < 4.78 is 0. The molecule has 1 fully saturated rings. The van der Waals surface area contributed by atoms with Crippen molar-refractivity contribution in [2.75, 3.05) is 39.3 Å². The van der Waals surface area contributed by atoms with Crippen molar-refractivity contribution < 1.29 is 14.7 Å². The molecule has 0 saturated carbocycles. The first-order valence-electron chi connectivity index (χ1n) is 10.3. The van der Waals surface area contributed by atoms with Crippen molar-refractivity contribution in [3.8, 4) is 0 Å². The zero-order chi connectivity index (χ0) is 20.9. The van der Waals surface area contributed by atoms with E-state index < -0.39 is 5.97 Å². The van der Waals surface area contributed by atoms with Crippen molar-refractivity contribution in [1.82, 2.24) is 15.1 Å². The molecule has 7 heteroatoms. The molecule has 30 heavy (non-hydrogen) atoms. The quantitative estimate of drug-likeness (QED) is 0.792. The Kier molecular flexibility index (Phi) is 6.09. The van der Waals surface area contributed by atoms with Crippen molar-refractivity contribution in [3.05, 3.63) is 65.2 Å². The molecule has 0 spiro atoms. The van der Waals surface area contributed by atoms with E-state index >= 15 is 0 Å². The van der Waals surface area contributed by atoms with Crippen molar-refractivity contribution >= 4 is 23.4 Å². The number of rotatable bonds is 5. The highest BCUT2D eigenvalue weighted by atomic mass is 16.4. The predicted molar refractivity (Wildman–Crippen MR) is 115 cm³/mol. The summed E-state index contributed by atoms with van der Waals surface area (Å²) in [6.45, 7) is 3.67. The van der Waals surface area contributed by atoms with Gasteiger partial charge in [0, 0.05) is 51.1 Å². The number of hydrogen-bond donors (Lipinski definition) is 2. The van der Waals surface area contributed by atoms with Crippen LogP contribution in [0.25, 0.3) is 0 Å². The molecule has 2 aliphatic rings. The Balaban J connectivity index is 1.42. The summed E-state index contributed by atoms with van der Waals surface area (Å²) in [5.41, 5.74) is 4.75. The van der Waals surface area contributed by atoms with Gasteiger partial charge in [0.2, 0.25) is 5.91 Å². The van der Waals surface area contributed by atoms with Crippen LogP contribution in [0.2, 0.25) is 0 Å². The van der Waals surface area contributed by atoms with Gasteiger partial charge in [-0.05, 0) is 17.2 Å². The second-order valence-electron chi connectivity index (χ2n) is 7.65. The Morgan fingerprint density at radius 1 is 0.967 bits per heavy atom. The first-order chi connectivity index (χ1) is 14.6. The number of nitrogens with zero attached hydrogens (tertiary/aromatic N) is 3. The van der Waals surface area contributed by atoms with Gasteiger partial charge in [0.25, 0.3) is 0 Å². The van der Waals surface area contributed by atoms with Crippen LogP contribution in [0, 0.1) is 0 Å². The smallest absolute Gasteiger partial charge is 0.322 e. The van der Waals surface area contributed by atoms with Crippen molar-refractivity contribution in [2.45, 2.75) is 12.8 Å². The molecule has 0 unspecified atom stereocenters. The largest absolute Gasteiger partial charge is 0.480 e. The van der Waals surface area contributed by atoms with Gasteiger partial charge in [0.15, 0.2) is 0 Å². The minimum Gasteiger partial charge on any atom is -0.480 e. The first-order valence-corrected chi connectivity index (χ1v) is 10.3. The normalized spacial score (nSPS) is 16.1. The van der Waals surface area contributed by atoms with E-state index in [0.717, 1.165) is 44.1 Å². The lowest BCUT2D eigenvalue weighted by atomic mass is 9.99. The number of aliphatic imine (C=N–C) groups is 1. The SMILES string of the molecule is O=C(O)CNC(=O)CCN1CCN(C2=Nc3ccccc3Cc3ccccc32)CC1. The number of para-hydroxylation sites is 1. The maximum Gasteiger partial charge on any atom is 0.322 e. The van der Waals surface area contributed by atoms with E-state index in [-0.39, 0.29) is 12.5 Å². The van der Waals surface area contributed by atoms with Crippen LogP contribution in [0.5, 0.6) is 0 Å². The summed E-state index contributed by atoms with van der Waals surface area (Å²) in [6.07, 6.45) is 1.19. The van der Waals surface area contributed by atoms with Gasteiger partial charge in [0.1, 0.15) is 12.4 Å². The van der Waals surface area contributed by atoms with E-state index in [4.69, 9.17) is 10.1 Å². The molecule has 0 radical (unpaired) electrons. The number of fused-ring (bicyclic) bond motifs is 2. The third-order valence-electron chi connectivity index (χ3n) is 5.62. The highest BCUT2D eigenvalue weighted by molar-refractivity contribution is 6.02. The molecule has 2 N–H and O–H groups in total. The molecule has 4 rings (SSSR count). The van der Waals surface area contributed by atoms with Gasteiger partial charge in [-0.25, -0.2) is 4.99 Å². The molecule has 2 aromatic carbocycles. The Hall–Kier alpha value is -3.19. The zero-order valence-electron chi connectivity index (χ0n) is 16.9. The van der Waals surface area contributed by atoms with Crippen LogP contribution in [0.15, 0.2) is 53.5 Å². The average Bonchev–Trinajstić information content (AvgIpc) is 2.93. The molecular weight excluding hydrogens is 380 g/mol. The third kappa shape index (κ3) is 4.68. The molecule has 156 valence electrons. The van der Waals surface area contributed by atoms with Gasteiger partial charge < -0.3 is 15.3 Å². The van der Waals surface area contributed by atoms with Crippen molar-refractivity contribution in [3.63, 3.8) is 0 Å². The van der Waals surface area contributed by atoms with Crippen LogP contribution in [0.1, 0.15) is 23.1 Å². The maximum absolute atomic E-state index is 11.8. The minimum atomic E-state index is -1.03. The Bertz CT molecular complexity index is 964. The third-order valence-corrected chi connectivity index (χ3v) is 5.62. The fourth-order valence-electron chi connectivity index (χ4n) is 3.99. The molecule has 1 amide bonds. The molecule has 0 atom stereocenters. The standard InChI is InChI=1S/C23H26N4O3/c28-21(24-16-22(29)30)9-10-26-11-13-27(14-12-26)23-19-7-3-1-5-17(19)15-18-6-2-4-8-20(18)25-23/h1-8H,9-16H2,(H,24,28)(H,29,30). The average molecular weight is 406 g/mol. The maximum atomic E-state index is 11.8. The highest BCUT2D eigenvalue weighted by Gasteiger charge is 2.24. The van der Waals surface area contributed by atoms with Gasteiger partial charge in [0.05, 0.1) is 5.69 Å². The fourth-order valence-corrected chi connectivity index (χ4v) is 3.99. The molecule has 0 bridgehead atoms. The second kappa shape index (κ2) is 9.09. The van der Waals surface area contributed by atoms with E-state index in [1.54, 1.807) is 0 Å². The van der Waals surface area contributed by atoms with E-state index in [1.807, 2.05) is 6.07 Å². The van der Waals surface area contributed by atoms with Crippen LogP contribution in [-0.2, 0) is 16.0 Å². The second-order valence-corrected chi connectivity index (χ2v) is 7.65. The van der Waals surface area contributed by atoms with E-state index in [2.05, 4.69) is 57.6 Å². The molecule has 0 aliphatic carbocycles. The van der Waals surface area contributed by atoms with Gasteiger partial charge in [-0.2, -0.15) is 0 Å². The Labute approximate surface area is 176 Å². The number of hydrogen-bond acceptors (Lipinski definition) is 5. The van der Waals surface area contributed by atoms with Gasteiger partial charge in [-0.3, -0.25) is 14.5 Å². The number of aliphatic carboxylic acids is 1. The molecular formula is C23H26N4O3. The van der Waals surface area contributed by atoms with Gasteiger partial charge in [-0.1, -0.05) is 42.5 Å². The van der Waals surface area contributed by atoms with Crippen LogP contribution in [-0.4, -0.2) is 71.9 Å². The van der Waals surface area contributed by atoms with E-state index in [1.165, 1.54) is 16.7 Å². The lowest BCUT2D eigenvalue weighted by Crippen LogP contribution is -2.49. The van der Waals surface area contributed by atoms with Crippen LogP contribution in [0.4, 0.5) is 5.69 Å². The summed E-state index contributed by atoms with van der Waals surface area (Å²) in [5, 5.41) is 11.1. The number of nitrogens with one attached hydrogen (secondary N) is 1. The number of carbonyl (C=O) groups is 2. The monoisotopic (exact) mass is 406 g/mol. The molecule has 1 saturated heterocycles. The molecule has 2 heterocycles. The van der Waals surface area contributed by atoms with Crippen LogP contribution < -0.4 is 5.32 Å². The Morgan fingerprint density at radius 3 is 2.43 bits per heavy atom. The molecule has 0 aromatic heterocycles. The lowest BCUT2D eigenvalue weighted by molar-refractivity contribution is -0.138. The summed E-state index contributed by atoms with van der Waals surface area (Å²) in [6, 6.07) is 16.8. The number of carboxylic acids is 1. The Morgan fingerprint density at radius 2 is 1.67 bits per heavy atom. The van der Waals surface area contributed by atoms with E-state index in [9.17, 15) is 9.59 Å². The van der Waals surface area contributed by atoms with Crippen LogP contribution >= 0.6 is 0 Å². The van der Waals surface area contributed by atoms with Crippen molar-refractivity contribution in [2.24, 2.45) is 4.99 Å².